The fourth-order valence-corrected chi connectivity index (χ4v) is 2.55. The van der Waals surface area contributed by atoms with E-state index in [1.165, 1.54) is 5.56 Å². The highest BCUT2D eigenvalue weighted by molar-refractivity contribution is 6.31. The van der Waals surface area contributed by atoms with E-state index in [0.29, 0.717) is 0 Å². The number of halogens is 1. The van der Waals surface area contributed by atoms with Crippen LogP contribution in [0.25, 0.3) is 10.9 Å². The molecule has 0 atom stereocenters. The zero-order chi connectivity index (χ0) is 13.2. The lowest BCUT2D eigenvalue weighted by Crippen LogP contribution is -1.99. The molecule has 1 heterocycles. The summed E-state index contributed by atoms with van der Waals surface area (Å²) in [6, 6.07) is 16.3. The molecule has 0 spiro atoms. The maximum atomic E-state index is 6.04. The first-order valence-electron chi connectivity index (χ1n) is 6.32. The number of hydrogen-bond acceptors (Lipinski definition) is 1. The summed E-state index contributed by atoms with van der Waals surface area (Å²) in [5.41, 5.74) is 9.29. The van der Waals surface area contributed by atoms with Gasteiger partial charge in [-0.1, -0.05) is 41.9 Å². The number of aromatic nitrogens is 1. The second kappa shape index (κ2) is 4.98. The summed E-state index contributed by atoms with van der Waals surface area (Å²) in [5.74, 6) is 0. The topological polar surface area (TPSA) is 30.9 Å². The minimum Gasteiger partial charge on any atom is -0.397 e. The summed E-state index contributed by atoms with van der Waals surface area (Å²) in [5, 5.41) is 1.75. The molecule has 0 aliphatic rings. The quantitative estimate of drug-likeness (QED) is 0.763. The van der Waals surface area contributed by atoms with Gasteiger partial charge >= 0.3 is 0 Å². The van der Waals surface area contributed by atoms with E-state index in [0.717, 1.165) is 34.6 Å². The molecule has 0 aliphatic carbocycles. The van der Waals surface area contributed by atoms with Crippen molar-refractivity contribution in [3.63, 3.8) is 0 Å². The standard InChI is InChI=1S/C16H15ClN2/c17-13-6-7-16-14(10-13)15(18)11-19(16)9-8-12-4-2-1-3-5-12/h1-7,10-11H,8-9,18H2. The molecular weight excluding hydrogens is 256 g/mol. The summed E-state index contributed by atoms with van der Waals surface area (Å²) in [7, 11) is 0. The van der Waals surface area contributed by atoms with Crippen LogP contribution in [0.2, 0.25) is 5.02 Å². The molecule has 1 aromatic heterocycles. The molecule has 0 saturated carbocycles. The van der Waals surface area contributed by atoms with Gasteiger partial charge in [-0.05, 0) is 30.2 Å². The van der Waals surface area contributed by atoms with E-state index in [9.17, 15) is 0 Å². The number of aryl methyl sites for hydroxylation is 2. The molecule has 2 aromatic carbocycles. The van der Waals surface area contributed by atoms with Gasteiger partial charge < -0.3 is 10.3 Å². The first-order chi connectivity index (χ1) is 9.24. The van der Waals surface area contributed by atoms with Crippen LogP contribution in [0.3, 0.4) is 0 Å². The Labute approximate surface area is 117 Å². The van der Waals surface area contributed by atoms with Crippen molar-refractivity contribution in [3.05, 3.63) is 65.3 Å². The molecule has 2 N–H and O–H groups in total. The van der Waals surface area contributed by atoms with Crippen molar-refractivity contribution >= 4 is 28.2 Å². The SMILES string of the molecule is Nc1cn(CCc2ccccc2)c2ccc(Cl)cc12. The van der Waals surface area contributed by atoms with Gasteiger partial charge in [0.2, 0.25) is 0 Å². The van der Waals surface area contributed by atoms with E-state index in [1.54, 1.807) is 0 Å². The number of hydrogen-bond donors (Lipinski definition) is 1. The largest absolute Gasteiger partial charge is 0.397 e. The Morgan fingerprint density at radius 1 is 1.05 bits per heavy atom. The molecule has 96 valence electrons. The highest BCUT2D eigenvalue weighted by Crippen LogP contribution is 2.26. The molecule has 3 rings (SSSR count). The minimum atomic E-state index is 0.722. The fraction of sp³-hybridized carbons (Fsp3) is 0.125. The zero-order valence-corrected chi connectivity index (χ0v) is 11.3. The van der Waals surface area contributed by atoms with Gasteiger partial charge in [-0.25, -0.2) is 0 Å². The van der Waals surface area contributed by atoms with Crippen molar-refractivity contribution in [2.24, 2.45) is 0 Å². The molecule has 0 bridgehead atoms. The Bertz CT molecular complexity index is 701. The van der Waals surface area contributed by atoms with Crippen LogP contribution in [-0.2, 0) is 13.0 Å². The highest BCUT2D eigenvalue weighted by atomic mass is 35.5. The van der Waals surface area contributed by atoms with Gasteiger partial charge in [0, 0.05) is 23.2 Å². The normalized spacial score (nSPS) is 11.0. The fourth-order valence-electron chi connectivity index (χ4n) is 2.38. The Morgan fingerprint density at radius 2 is 1.84 bits per heavy atom. The minimum absolute atomic E-state index is 0.722. The van der Waals surface area contributed by atoms with Crippen LogP contribution in [-0.4, -0.2) is 4.57 Å². The van der Waals surface area contributed by atoms with E-state index < -0.39 is 0 Å². The molecule has 19 heavy (non-hydrogen) atoms. The van der Waals surface area contributed by atoms with E-state index in [-0.39, 0.29) is 0 Å². The molecule has 3 aromatic rings. The summed E-state index contributed by atoms with van der Waals surface area (Å²) >= 11 is 6.01. The molecular formula is C16H15ClN2. The second-order valence-corrected chi connectivity index (χ2v) is 5.11. The molecule has 3 heteroatoms. The predicted molar refractivity (Wildman–Crippen MR) is 81.5 cm³/mol. The second-order valence-electron chi connectivity index (χ2n) is 4.67. The summed E-state index contributed by atoms with van der Waals surface area (Å²) < 4.78 is 2.19. The Kier molecular flexibility index (Phi) is 3.18. The maximum Gasteiger partial charge on any atom is 0.0574 e. The van der Waals surface area contributed by atoms with Crippen LogP contribution >= 0.6 is 11.6 Å². The first kappa shape index (κ1) is 12.1. The number of rotatable bonds is 3. The molecule has 2 nitrogen and oxygen atoms in total. The number of benzene rings is 2. The number of nitrogens with zero attached hydrogens (tertiary/aromatic N) is 1. The van der Waals surface area contributed by atoms with Crippen LogP contribution < -0.4 is 5.73 Å². The highest BCUT2D eigenvalue weighted by Gasteiger charge is 2.06. The van der Waals surface area contributed by atoms with E-state index in [2.05, 4.69) is 28.8 Å². The number of nitrogens with two attached hydrogens (primary N) is 1. The molecule has 0 aliphatic heterocycles. The van der Waals surface area contributed by atoms with Gasteiger partial charge in [0.05, 0.1) is 11.2 Å². The van der Waals surface area contributed by atoms with Gasteiger partial charge in [-0.3, -0.25) is 0 Å². The van der Waals surface area contributed by atoms with Gasteiger partial charge in [-0.15, -0.1) is 0 Å². The van der Waals surface area contributed by atoms with E-state index in [1.807, 2.05) is 30.5 Å². The molecule has 0 radical (unpaired) electrons. The van der Waals surface area contributed by atoms with Gasteiger partial charge in [0.15, 0.2) is 0 Å². The first-order valence-corrected chi connectivity index (χ1v) is 6.69. The lowest BCUT2D eigenvalue weighted by Gasteiger charge is -2.05. The van der Waals surface area contributed by atoms with Crippen LogP contribution in [0.5, 0.6) is 0 Å². The van der Waals surface area contributed by atoms with E-state index >= 15 is 0 Å². The summed E-state index contributed by atoms with van der Waals surface area (Å²) in [4.78, 5) is 0. The molecule has 0 unspecified atom stereocenters. The lowest BCUT2D eigenvalue weighted by molar-refractivity contribution is 0.723. The third kappa shape index (κ3) is 2.45. The maximum absolute atomic E-state index is 6.04. The monoisotopic (exact) mass is 270 g/mol. The van der Waals surface area contributed by atoms with Crippen molar-refractivity contribution in [2.45, 2.75) is 13.0 Å². The smallest absolute Gasteiger partial charge is 0.0574 e. The van der Waals surface area contributed by atoms with Crippen molar-refractivity contribution < 1.29 is 0 Å². The zero-order valence-electron chi connectivity index (χ0n) is 10.5. The van der Waals surface area contributed by atoms with Crippen LogP contribution in [0.15, 0.2) is 54.7 Å². The average Bonchev–Trinajstić information content (AvgIpc) is 2.74. The predicted octanol–water partition coefficient (Wildman–Crippen LogP) is 4.12. The molecule has 0 saturated heterocycles. The van der Waals surface area contributed by atoms with Crippen LogP contribution in [0.4, 0.5) is 5.69 Å². The molecule has 0 amide bonds. The number of anilines is 1. The molecule has 0 fully saturated rings. The Morgan fingerprint density at radius 3 is 2.63 bits per heavy atom. The third-order valence-electron chi connectivity index (χ3n) is 3.36. The lowest BCUT2D eigenvalue weighted by atomic mass is 10.1. The van der Waals surface area contributed by atoms with Crippen molar-refractivity contribution in [1.82, 2.24) is 4.57 Å². The van der Waals surface area contributed by atoms with Gasteiger partial charge in [-0.2, -0.15) is 0 Å². The average molecular weight is 271 g/mol. The Balaban J connectivity index is 1.89. The third-order valence-corrected chi connectivity index (χ3v) is 3.59. The van der Waals surface area contributed by atoms with Crippen molar-refractivity contribution in [1.29, 1.82) is 0 Å². The number of fused-ring (bicyclic) bond motifs is 1. The van der Waals surface area contributed by atoms with Crippen molar-refractivity contribution in [3.8, 4) is 0 Å². The summed E-state index contributed by atoms with van der Waals surface area (Å²) in [6.45, 7) is 0.916. The van der Waals surface area contributed by atoms with Gasteiger partial charge in [0.25, 0.3) is 0 Å². The van der Waals surface area contributed by atoms with Crippen LogP contribution in [0.1, 0.15) is 5.56 Å². The summed E-state index contributed by atoms with van der Waals surface area (Å²) in [6.07, 6.45) is 2.98. The number of nitrogen functional groups attached to an aromatic ring is 1. The van der Waals surface area contributed by atoms with E-state index in [4.69, 9.17) is 17.3 Å². The van der Waals surface area contributed by atoms with Crippen LogP contribution in [0, 0.1) is 0 Å². The Hall–Kier alpha value is -1.93. The van der Waals surface area contributed by atoms with Crippen molar-refractivity contribution in [2.75, 3.05) is 5.73 Å². The van der Waals surface area contributed by atoms with Gasteiger partial charge in [0.1, 0.15) is 0 Å².